The summed E-state index contributed by atoms with van der Waals surface area (Å²) in [5, 5.41) is 3.39. The highest BCUT2D eigenvalue weighted by atomic mass is 16.5. The first-order valence-corrected chi connectivity index (χ1v) is 11.0. The van der Waals surface area contributed by atoms with Crippen molar-refractivity contribution in [3.8, 4) is 5.75 Å². The Morgan fingerprint density at radius 3 is 2.44 bits per heavy atom. The van der Waals surface area contributed by atoms with Crippen LogP contribution in [0.4, 0.5) is 0 Å². The van der Waals surface area contributed by atoms with Crippen molar-refractivity contribution in [1.29, 1.82) is 0 Å². The average Bonchev–Trinajstić information content (AvgIpc) is 2.79. The highest BCUT2D eigenvalue weighted by Crippen LogP contribution is 2.19. The second-order valence-corrected chi connectivity index (χ2v) is 8.23. The fourth-order valence-corrected chi connectivity index (χ4v) is 4.02. The molecule has 1 aliphatic rings. The van der Waals surface area contributed by atoms with E-state index in [1.165, 1.54) is 0 Å². The molecule has 2 aromatic rings. The Kier molecular flexibility index (Phi) is 8.11. The molecule has 0 bridgehead atoms. The molecule has 1 amide bonds. The molecule has 0 spiro atoms. The molecule has 1 heterocycles. The Balaban J connectivity index is 1.57. The van der Waals surface area contributed by atoms with Crippen molar-refractivity contribution in [1.82, 2.24) is 15.1 Å². The predicted octanol–water partition coefficient (Wildman–Crippen LogP) is 3.15. The standard InChI is InChI=1S/C25H34N4O3/c1-18-15-29(16-19(2)32-18)24(30)21-12-10-20(11-13-21)14-27-25(26-3)28(4)17-22-8-6-7-9-23(22)31-5/h6-13,18-19H,14-17H2,1-5H3,(H,26,27). The third kappa shape index (κ3) is 6.01. The Labute approximate surface area is 191 Å². The molecule has 2 aromatic carbocycles. The predicted molar refractivity (Wildman–Crippen MR) is 127 cm³/mol. The van der Waals surface area contributed by atoms with Crippen LogP contribution < -0.4 is 10.1 Å². The van der Waals surface area contributed by atoms with Crippen LogP contribution in [0.2, 0.25) is 0 Å². The number of hydrogen-bond acceptors (Lipinski definition) is 4. The van der Waals surface area contributed by atoms with Crippen LogP contribution >= 0.6 is 0 Å². The molecular weight excluding hydrogens is 404 g/mol. The van der Waals surface area contributed by atoms with Crippen LogP contribution in [0.1, 0.15) is 35.3 Å². The molecule has 1 saturated heterocycles. The van der Waals surface area contributed by atoms with Gasteiger partial charge in [-0.05, 0) is 37.6 Å². The lowest BCUT2D eigenvalue weighted by atomic mass is 10.1. The number of carbonyl (C=O) groups is 1. The number of benzene rings is 2. The fourth-order valence-electron chi connectivity index (χ4n) is 4.02. The summed E-state index contributed by atoms with van der Waals surface area (Å²) >= 11 is 0. The van der Waals surface area contributed by atoms with E-state index >= 15 is 0 Å². The molecule has 0 saturated carbocycles. The number of guanidine groups is 1. The van der Waals surface area contributed by atoms with Gasteiger partial charge in [0.25, 0.3) is 5.91 Å². The van der Waals surface area contributed by atoms with E-state index in [4.69, 9.17) is 9.47 Å². The summed E-state index contributed by atoms with van der Waals surface area (Å²) in [6.07, 6.45) is 0.122. The number of carbonyl (C=O) groups excluding carboxylic acids is 1. The molecule has 0 radical (unpaired) electrons. The van der Waals surface area contributed by atoms with Gasteiger partial charge in [0.2, 0.25) is 0 Å². The summed E-state index contributed by atoms with van der Waals surface area (Å²) in [5.41, 5.74) is 2.87. The van der Waals surface area contributed by atoms with Crippen molar-refractivity contribution in [3.05, 3.63) is 65.2 Å². The highest BCUT2D eigenvalue weighted by molar-refractivity contribution is 5.94. The van der Waals surface area contributed by atoms with Crippen LogP contribution in [0.5, 0.6) is 5.75 Å². The highest BCUT2D eigenvalue weighted by Gasteiger charge is 2.26. The minimum atomic E-state index is 0.0545. The van der Waals surface area contributed by atoms with Crippen LogP contribution in [-0.4, -0.2) is 68.2 Å². The lowest BCUT2D eigenvalue weighted by Crippen LogP contribution is -2.48. The lowest BCUT2D eigenvalue weighted by molar-refractivity contribution is -0.0586. The zero-order valence-electron chi connectivity index (χ0n) is 19.7. The SMILES string of the molecule is CN=C(NCc1ccc(C(=O)N2CC(C)OC(C)C2)cc1)N(C)Cc1ccccc1OC. The molecule has 2 unspecified atom stereocenters. The number of nitrogens with one attached hydrogen (secondary N) is 1. The van der Waals surface area contributed by atoms with Crippen molar-refractivity contribution in [2.75, 3.05) is 34.3 Å². The second kappa shape index (κ2) is 11.0. The first-order valence-electron chi connectivity index (χ1n) is 11.0. The maximum Gasteiger partial charge on any atom is 0.254 e. The quantitative estimate of drug-likeness (QED) is 0.554. The van der Waals surface area contributed by atoms with E-state index in [1.54, 1.807) is 14.2 Å². The summed E-state index contributed by atoms with van der Waals surface area (Å²) < 4.78 is 11.2. The van der Waals surface area contributed by atoms with E-state index in [2.05, 4.69) is 15.2 Å². The number of methoxy groups -OCH3 is 1. The number of aliphatic imine (C=N–C) groups is 1. The zero-order valence-corrected chi connectivity index (χ0v) is 19.7. The maximum atomic E-state index is 12.8. The van der Waals surface area contributed by atoms with Crippen LogP contribution in [0.3, 0.4) is 0 Å². The van der Waals surface area contributed by atoms with Crippen LogP contribution in [0.15, 0.2) is 53.5 Å². The van der Waals surface area contributed by atoms with Gasteiger partial charge in [0.05, 0.1) is 19.3 Å². The van der Waals surface area contributed by atoms with E-state index in [0.717, 1.165) is 22.8 Å². The number of hydrogen-bond donors (Lipinski definition) is 1. The largest absolute Gasteiger partial charge is 0.496 e. The molecular formula is C25H34N4O3. The van der Waals surface area contributed by atoms with Gasteiger partial charge in [-0.25, -0.2) is 0 Å². The van der Waals surface area contributed by atoms with Crippen molar-refractivity contribution in [3.63, 3.8) is 0 Å². The van der Waals surface area contributed by atoms with E-state index in [-0.39, 0.29) is 18.1 Å². The minimum Gasteiger partial charge on any atom is -0.496 e. The Morgan fingerprint density at radius 2 is 1.81 bits per heavy atom. The Bertz CT molecular complexity index is 919. The summed E-state index contributed by atoms with van der Waals surface area (Å²) in [7, 11) is 5.45. The normalized spacial score (nSPS) is 18.9. The average molecular weight is 439 g/mol. The molecule has 32 heavy (non-hydrogen) atoms. The van der Waals surface area contributed by atoms with Gasteiger partial charge in [0, 0.05) is 51.4 Å². The van der Waals surface area contributed by atoms with Crippen LogP contribution in [0, 0.1) is 0 Å². The summed E-state index contributed by atoms with van der Waals surface area (Å²) in [4.78, 5) is 21.2. The monoisotopic (exact) mass is 438 g/mol. The molecule has 1 N–H and O–H groups in total. The summed E-state index contributed by atoms with van der Waals surface area (Å²) in [6.45, 7) is 6.55. The van der Waals surface area contributed by atoms with Crippen molar-refractivity contribution in [2.45, 2.75) is 39.1 Å². The van der Waals surface area contributed by atoms with Crippen molar-refractivity contribution >= 4 is 11.9 Å². The first-order chi connectivity index (χ1) is 15.4. The molecule has 172 valence electrons. The molecule has 7 nitrogen and oxygen atoms in total. The van der Waals surface area contributed by atoms with Gasteiger partial charge in [0.15, 0.2) is 5.96 Å². The second-order valence-electron chi connectivity index (χ2n) is 8.23. The smallest absolute Gasteiger partial charge is 0.254 e. The minimum absolute atomic E-state index is 0.0545. The Morgan fingerprint density at radius 1 is 1.16 bits per heavy atom. The van der Waals surface area contributed by atoms with Crippen LogP contribution in [0.25, 0.3) is 0 Å². The third-order valence-corrected chi connectivity index (χ3v) is 5.53. The van der Waals surface area contributed by atoms with Gasteiger partial charge in [-0.3, -0.25) is 9.79 Å². The molecule has 3 rings (SSSR count). The Hall–Kier alpha value is -3.06. The topological polar surface area (TPSA) is 66.4 Å². The van der Waals surface area contributed by atoms with Gasteiger partial charge < -0.3 is 24.6 Å². The van der Waals surface area contributed by atoms with Gasteiger partial charge in [0.1, 0.15) is 5.75 Å². The number of amides is 1. The van der Waals surface area contributed by atoms with Gasteiger partial charge in [-0.15, -0.1) is 0 Å². The van der Waals surface area contributed by atoms with Gasteiger partial charge in [-0.1, -0.05) is 30.3 Å². The zero-order chi connectivity index (χ0) is 23.1. The summed E-state index contributed by atoms with van der Waals surface area (Å²) in [6, 6.07) is 15.7. The lowest BCUT2D eigenvalue weighted by Gasteiger charge is -2.35. The number of ether oxygens (including phenoxy) is 2. The summed E-state index contributed by atoms with van der Waals surface area (Å²) in [5.74, 6) is 1.70. The number of rotatable bonds is 6. The molecule has 1 fully saturated rings. The third-order valence-electron chi connectivity index (χ3n) is 5.53. The van der Waals surface area contributed by atoms with E-state index in [9.17, 15) is 4.79 Å². The first kappa shape index (κ1) is 23.6. The van der Waals surface area contributed by atoms with E-state index < -0.39 is 0 Å². The van der Waals surface area contributed by atoms with E-state index in [1.807, 2.05) is 74.3 Å². The van der Waals surface area contributed by atoms with Gasteiger partial charge in [-0.2, -0.15) is 0 Å². The molecule has 7 heteroatoms. The van der Waals surface area contributed by atoms with Gasteiger partial charge >= 0.3 is 0 Å². The maximum absolute atomic E-state index is 12.8. The van der Waals surface area contributed by atoms with Crippen molar-refractivity contribution < 1.29 is 14.3 Å². The number of morpholine rings is 1. The molecule has 1 aliphatic heterocycles. The number of nitrogens with zero attached hydrogens (tertiary/aromatic N) is 3. The molecule has 0 aromatic heterocycles. The number of para-hydroxylation sites is 1. The fraction of sp³-hybridized carbons (Fsp3) is 0.440. The van der Waals surface area contributed by atoms with Crippen LogP contribution in [-0.2, 0) is 17.8 Å². The van der Waals surface area contributed by atoms with E-state index in [0.29, 0.717) is 31.7 Å². The molecule has 2 atom stereocenters. The molecule has 0 aliphatic carbocycles. The van der Waals surface area contributed by atoms with Crippen molar-refractivity contribution in [2.24, 2.45) is 4.99 Å².